The van der Waals surface area contributed by atoms with Crippen molar-refractivity contribution in [3.8, 4) is 0 Å². The van der Waals surface area contributed by atoms with Gasteiger partial charge in [-0.2, -0.15) is 0 Å². The maximum Gasteiger partial charge on any atom is 0.0308 e. The van der Waals surface area contributed by atoms with E-state index >= 15 is 0 Å². The second-order valence-electron chi connectivity index (χ2n) is 7.85. The topological polar surface area (TPSA) is 15.3 Å². The summed E-state index contributed by atoms with van der Waals surface area (Å²) < 4.78 is 0. The molecular formula is C17H32N2. The van der Waals surface area contributed by atoms with Crippen LogP contribution in [0.2, 0.25) is 0 Å². The molecule has 3 aliphatic rings. The first kappa shape index (κ1) is 13.9. The molecule has 110 valence electrons. The lowest BCUT2D eigenvalue weighted by Gasteiger charge is -2.41. The predicted octanol–water partition coefficient (Wildman–Crippen LogP) is 3.42. The standard InChI is InChI=1S/C17H32N2/c1-15(2)16(9-10-16)13-19-12-6-11-18-17(14-19)7-4-3-5-8-17/h15,18H,3-14H2,1-2H3. The van der Waals surface area contributed by atoms with Gasteiger partial charge in [-0.15, -0.1) is 0 Å². The molecule has 0 radical (unpaired) electrons. The Morgan fingerprint density at radius 1 is 1.00 bits per heavy atom. The minimum absolute atomic E-state index is 0.474. The number of nitrogens with zero attached hydrogens (tertiary/aromatic N) is 1. The van der Waals surface area contributed by atoms with E-state index in [1.165, 1.54) is 77.5 Å². The van der Waals surface area contributed by atoms with E-state index in [4.69, 9.17) is 0 Å². The molecule has 0 aromatic rings. The highest BCUT2D eigenvalue weighted by atomic mass is 15.2. The summed E-state index contributed by atoms with van der Waals surface area (Å²) in [6.45, 7) is 10.1. The average molecular weight is 264 g/mol. The molecular weight excluding hydrogens is 232 g/mol. The second-order valence-corrected chi connectivity index (χ2v) is 7.85. The summed E-state index contributed by atoms with van der Waals surface area (Å²) >= 11 is 0. The molecule has 3 fully saturated rings. The molecule has 0 bridgehead atoms. The van der Waals surface area contributed by atoms with Crippen LogP contribution in [0.5, 0.6) is 0 Å². The molecule has 0 atom stereocenters. The van der Waals surface area contributed by atoms with Crippen LogP contribution in [-0.2, 0) is 0 Å². The van der Waals surface area contributed by atoms with Gasteiger partial charge in [0.15, 0.2) is 0 Å². The molecule has 3 rings (SSSR count). The fraction of sp³-hybridized carbons (Fsp3) is 1.00. The predicted molar refractivity (Wildman–Crippen MR) is 81.4 cm³/mol. The van der Waals surface area contributed by atoms with E-state index in [1.54, 1.807) is 0 Å². The lowest BCUT2D eigenvalue weighted by atomic mass is 9.81. The number of nitrogens with one attached hydrogen (secondary N) is 1. The van der Waals surface area contributed by atoms with Crippen molar-refractivity contribution in [3.05, 3.63) is 0 Å². The quantitative estimate of drug-likeness (QED) is 0.840. The zero-order chi connectivity index (χ0) is 13.3. The first-order valence-corrected chi connectivity index (χ1v) is 8.62. The minimum atomic E-state index is 0.474. The van der Waals surface area contributed by atoms with Gasteiger partial charge in [-0.1, -0.05) is 33.1 Å². The van der Waals surface area contributed by atoms with Gasteiger partial charge in [0.1, 0.15) is 0 Å². The fourth-order valence-electron chi connectivity index (χ4n) is 4.44. The maximum absolute atomic E-state index is 3.92. The van der Waals surface area contributed by atoms with Gasteiger partial charge in [0, 0.05) is 18.6 Å². The molecule has 2 saturated carbocycles. The van der Waals surface area contributed by atoms with Crippen molar-refractivity contribution in [1.82, 2.24) is 10.2 Å². The molecule has 0 unspecified atom stereocenters. The van der Waals surface area contributed by atoms with Crippen LogP contribution in [0, 0.1) is 11.3 Å². The van der Waals surface area contributed by atoms with Crippen molar-refractivity contribution in [2.75, 3.05) is 26.2 Å². The van der Waals surface area contributed by atoms with Crippen LogP contribution in [0.15, 0.2) is 0 Å². The summed E-state index contributed by atoms with van der Waals surface area (Å²) in [6, 6.07) is 0. The monoisotopic (exact) mass is 264 g/mol. The first-order valence-electron chi connectivity index (χ1n) is 8.62. The molecule has 1 saturated heterocycles. The minimum Gasteiger partial charge on any atom is -0.310 e. The van der Waals surface area contributed by atoms with Crippen LogP contribution in [-0.4, -0.2) is 36.6 Å². The summed E-state index contributed by atoms with van der Waals surface area (Å²) in [4.78, 5) is 2.82. The van der Waals surface area contributed by atoms with Crippen LogP contribution in [0.25, 0.3) is 0 Å². The number of hydrogen-bond acceptors (Lipinski definition) is 2. The Labute approximate surface area is 119 Å². The fourth-order valence-corrected chi connectivity index (χ4v) is 4.44. The van der Waals surface area contributed by atoms with Crippen molar-refractivity contribution in [2.45, 2.75) is 70.8 Å². The van der Waals surface area contributed by atoms with E-state index in [2.05, 4.69) is 24.1 Å². The van der Waals surface area contributed by atoms with Gasteiger partial charge in [-0.05, 0) is 56.5 Å². The van der Waals surface area contributed by atoms with Crippen molar-refractivity contribution < 1.29 is 0 Å². The summed E-state index contributed by atoms with van der Waals surface area (Å²) in [5.41, 5.74) is 1.15. The highest BCUT2D eigenvalue weighted by Gasteiger charge is 2.47. The molecule has 0 aromatic heterocycles. The maximum atomic E-state index is 3.92. The summed E-state index contributed by atoms with van der Waals surface area (Å²) in [7, 11) is 0. The zero-order valence-corrected chi connectivity index (χ0v) is 13.0. The van der Waals surface area contributed by atoms with Gasteiger partial charge in [-0.3, -0.25) is 0 Å². The van der Waals surface area contributed by atoms with Crippen molar-refractivity contribution in [2.24, 2.45) is 11.3 Å². The van der Waals surface area contributed by atoms with Crippen LogP contribution < -0.4 is 5.32 Å². The SMILES string of the molecule is CC(C)C1(CN2CCCNC3(CCCCC3)C2)CC1. The molecule has 2 heteroatoms. The smallest absolute Gasteiger partial charge is 0.0308 e. The molecule has 1 aliphatic heterocycles. The van der Waals surface area contributed by atoms with Gasteiger partial charge in [0.25, 0.3) is 0 Å². The lowest BCUT2D eigenvalue weighted by molar-refractivity contribution is 0.130. The number of rotatable bonds is 3. The van der Waals surface area contributed by atoms with Crippen molar-refractivity contribution in [3.63, 3.8) is 0 Å². The average Bonchev–Trinajstić information content (AvgIpc) is 3.18. The molecule has 2 nitrogen and oxygen atoms in total. The molecule has 0 amide bonds. The van der Waals surface area contributed by atoms with Crippen LogP contribution in [0.4, 0.5) is 0 Å². The lowest BCUT2D eigenvalue weighted by Crippen LogP contribution is -2.53. The van der Waals surface area contributed by atoms with Gasteiger partial charge >= 0.3 is 0 Å². The summed E-state index contributed by atoms with van der Waals surface area (Å²) in [6.07, 6.45) is 11.5. The van der Waals surface area contributed by atoms with Gasteiger partial charge in [0.05, 0.1) is 0 Å². The number of hydrogen-bond donors (Lipinski definition) is 1. The molecule has 1 heterocycles. The van der Waals surface area contributed by atoms with E-state index in [1.807, 2.05) is 0 Å². The van der Waals surface area contributed by atoms with E-state index < -0.39 is 0 Å². The Morgan fingerprint density at radius 3 is 2.37 bits per heavy atom. The largest absolute Gasteiger partial charge is 0.310 e. The van der Waals surface area contributed by atoms with Crippen LogP contribution >= 0.6 is 0 Å². The molecule has 0 aromatic carbocycles. The van der Waals surface area contributed by atoms with Gasteiger partial charge in [0.2, 0.25) is 0 Å². The molecule has 1 N–H and O–H groups in total. The van der Waals surface area contributed by atoms with Crippen LogP contribution in [0.1, 0.15) is 65.2 Å². The Bertz CT molecular complexity index is 300. The third-order valence-corrected chi connectivity index (χ3v) is 6.14. The van der Waals surface area contributed by atoms with E-state index in [9.17, 15) is 0 Å². The zero-order valence-electron chi connectivity index (χ0n) is 13.0. The van der Waals surface area contributed by atoms with Crippen molar-refractivity contribution in [1.29, 1.82) is 0 Å². The Morgan fingerprint density at radius 2 is 1.74 bits per heavy atom. The van der Waals surface area contributed by atoms with Gasteiger partial charge in [-0.25, -0.2) is 0 Å². The molecule has 19 heavy (non-hydrogen) atoms. The highest BCUT2D eigenvalue weighted by Crippen LogP contribution is 2.52. The summed E-state index contributed by atoms with van der Waals surface area (Å²) in [5.74, 6) is 0.867. The normalized spacial score (nSPS) is 30.5. The van der Waals surface area contributed by atoms with E-state index in [0.717, 1.165) is 5.92 Å². The van der Waals surface area contributed by atoms with E-state index in [0.29, 0.717) is 11.0 Å². The van der Waals surface area contributed by atoms with Crippen LogP contribution in [0.3, 0.4) is 0 Å². The third-order valence-electron chi connectivity index (χ3n) is 6.14. The Hall–Kier alpha value is -0.0800. The second kappa shape index (κ2) is 5.37. The first-order chi connectivity index (χ1) is 9.14. The Balaban J connectivity index is 1.64. The Kier molecular flexibility index (Phi) is 3.92. The van der Waals surface area contributed by atoms with Crippen molar-refractivity contribution >= 4 is 0 Å². The van der Waals surface area contributed by atoms with E-state index in [-0.39, 0.29) is 0 Å². The van der Waals surface area contributed by atoms with Gasteiger partial charge < -0.3 is 10.2 Å². The molecule has 1 spiro atoms. The highest BCUT2D eigenvalue weighted by molar-refractivity contribution is 5.01. The molecule has 2 aliphatic carbocycles. The summed E-state index contributed by atoms with van der Waals surface area (Å²) in [5, 5.41) is 3.92. The third kappa shape index (κ3) is 3.00.